The van der Waals surface area contributed by atoms with Crippen molar-refractivity contribution in [2.75, 3.05) is 0 Å². The number of carbonyl (C=O) groups is 2. The van der Waals surface area contributed by atoms with Crippen LogP contribution in [0.3, 0.4) is 0 Å². The highest BCUT2D eigenvalue weighted by Gasteiger charge is 2.32. The molecule has 23 heavy (non-hydrogen) atoms. The lowest BCUT2D eigenvalue weighted by Crippen LogP contribution is -2.46. The minimum Gasteiger partial charge on any atom is -0.467 e. The third kappa shape index (κ3) is 3.25. The Morgan fingerprint density at radius 2 is 2.39 bits per heavy atom. The number of hydrogen-bond donors (Lipinski definition) is 2. The molecule has 2 aromatic heterocycles. The number of furan rings is 1. The van der Waals surface area contributed by atoms with E-state index in [1.54, 1.807) is 12.1 Å². The second-order valence-corrected chi connectivity index (χ2v) is 6.03. The molecule has 8 heteroatoms. The Hall–Kier alpha value is -2.64. The molecule has 1 aliphatic heterocycles. The van der Waals surface area contributed by atoms with Gasteiger partial charge in [0.25, 0.3) is 11.8 Å². The van der Waals surface area contributed by atoms with Crippen LogP contribution in [0.5, 0.6) is 0 Å². The van der Waals surface area contributed by atoms with Crippen LogP contribution in [0.1, 0.15) is 47.0 Å². The van der Waals surface area contributed by atoms with E-state index in [1.807, 2.05) is 0 Å². The molecule has 2 N–H and O–H groups in total. The Bertz CT molecular complexity index is 705. The van der Waals surface area contributed by atoms with E-state index in [0.29, 0.717) is 18.2 Å². The summed E-state index contributed by atoms with van der Waals surface area (Å²) in [4.78, 5) is 24.5. The highest BCUT2D eigenvalue weighted by atomic mass is 16.3. The Morgan fingerprint density at radius 1 is 1.57 bits per heavy atom. The minimum absolute atomic E-state index is 0.00994. The molecule has 122 valence electrons. The largest absolute Gasteiger partial charge is 0.467 e. The van der Waals surface area contributed by atoms with Gasteiger partial charge in [0, 0.05) is 6.04 Å². The smallest absolute Gasteiger partial charge is 0.274 e. The number of nitrogens with one attached hydrogen (secondary N) is 2. The van der Waals surface area contributed by atoms with E-state index in [9.17, 15) is 9.59 Å². The number of fused-ring (bicyclic) bond motifs is 1. The van der Waals surface area contributed by atoms with Crippen LogP contribution in [0.2, 0.25) is 0 Å². The van der Waals surface area contributed by atoms with Gasteiger partial charge in [0.2, 0.25) is 0 Å². The zero-order chi connectivity index (χ0) is 16.4. The number of nitrogens with zero attached hydrogens (tertiary/aromatic N) is 3. The van der Waals surface area contributed by atoms with Gasteiger partial charge in [0.1, 0.15) is 5.76 Å². The van der Waals surface area contributed by atoms with Gasteiger partial charge in [-0.15, -0.1) is 5.10 Å². The Balaban J connectivity index is 1.72. The van der Waals surface area contributed by atoms with Gasteiger partial charge in [-0.1, -0.05) is 19.1 Å². The van der Waals surface area contributed by atoms with E-state index in [1.165, 1.54) is 10.9 Å². The second kappa shape index (κ2) is 6.23. The zero-order valence-corrected chi connectivity index (χ0v) is 13.1. The molecule has 0 radical (unpaired) electrons. The molecule has 0 aromatic carbocycles. The quantitative estimate of drug-likeness (QED) is 0.855. The first-order valence-corrected chi connectivity index (χ1v) is 7.59. The number of rotatable bonds is 5. The fraction of sp³-hybridized carbons (Fsp3) is 0.467. The normalized spacial score (nSPS) is 17.0. The molecule has 0 aliphatic carbocycles. The lowest BCUT2D eigenvalue weighted by Gasteiger charge is -2.25. The summed E-state index contributed by atoms with van der Waals surface area (Å²) >= 11 is 0. The minimum atomic E-state index is -0.444. The maximum atomic E-state index is 12.3. The topological polar surface area (TPSA) is 102 Å². The van der Waals surface area contributed by atoms with Crippen LogP contribution in [0.15, 0.2) is 22.8 Å². The molecule has 2 amide bonds. The third-order valence-corrected chi connectivity index (χ3v) is 3.65. The van der Waals surface area contributed by atoms with Crippen molar-refractivity contribution in [2.45, 2.75) is 39.4 Å². The van der Waals surface area contributed by atoms with Crippen molar-refractivity contribution < 1.29 is 14.0 Å². The standard InChI is InChI=1S/C15H19N5O3/c1-9(2)6-10-8-20-13(15(22)17-10)12(18-19-20)14(21)16-7-11-4-3-5-23-11/h3-5,9-10H,6-8H2,1-2H3,(H,16,21)(H,17,22). The van der Waals surface area contributed by atoms with E-state index >= 15 is 0 Å². The predicted molar refractivity (Wildman–Crippen MR) is 80.6 cm³/mol. The molecule has 3 rings (SSSR count). The van der Waals surface area contributed by atoms with Crippen LogP contribution in [-0.4, -0.2) is 32.9 Å². The summed E-state index contributed by atoms with van der Waals surface area (Å²) in [6.45, 7) is 4.94. The van der Waals surface area contributed by atoms with Crippen molar-refractivity contribution in [3.63, 3.8) is 0 Å². The highest BCUT2D eigenvalue weighted by molar-refractivity contribution is 6.05. The zero-order valence-electron chi connectivity index (χ0n) is 13.1. The molecule has 0 spiro atoms. The Labute approximate surface area is 133 Å². The first-order chi connectivity index (χ1) is 11.0. The number of hydrogen-bond acceptors (Lipinski definition) is 5. The molecule has 8 nitrogen and oxygen atoms in total. The first kappa shape index (κ1) is 15.3. The Kier molecular flexibility index (Phi) is 4.14. The molecule has 1 unspecified atom stereocenters. The van der Waals surface area contributed by atoms with Gasteiger partial charge in [0.15, 0.2) is 11.4 Å². The fourth-order valence-corrected chi connectivity index (χ4v) is 2.69. The van der Waals surface area contributed by atoms with Crippen molar-refractivity contribution in [3.05, 3.63) is 35.5 Å². The van der Waals surface area contributed by atoms with Crippen LogP contribution >= 0.6 is 0 Å². The van der Waals surface area contributed by atoms with Gasteiger partial charge in [0.05, 0.1) is 19.4 Å². The average molecular weight is 317 g/mol. The van der Waals surface area contributed by atoms with Crippen molar-refractivity contribution in [1.82, 2.24) is 25.6 Å². The molecule has 1 aliphatic rings. The molecular formula is C15H19N5O3. The van der Waals surface area contributed by atoms with Gasteiger partial charge in [-0.05, 0) is 24.5 Å². The molecule has 0 fully saturated rings. The summed E-state index contributed by atoms with van der Waals surface area (Å²) in [5.74, 6) is 0.331. The van der Waals surface area contributed by atoms with Crippen LogP contribution in [0.4, 0.5) is 0 Å². The van der Waals surface area contributed by atoms with Gasteiger partial charge < -0.3 is 15.1 Å². The molecule has 0 saturated carbocycles. The predicted octanol–water partition coefficient (Wildman–Crippen LogP) is 0.959. The summed E-state index contributed by atoms with van der Waals surface area (Å²) in [6.07, 6.45) is 2.38. The van der Waals surface area contributed by atoms with E-state index in [4.69, 9.17) is 4.42 Å². The fourth-order valence-electron chi connectivity index (χ4n) is 2.69. The molecule has 2 aromatic rings. The van der Waals surface area contributed by atoms with Crippen LogP contribution < -0.4 is 10.6 Å². The summed E-state index contributed by atoms with van der Waals surface area (Å²) in [5, 5.41) is 13.4. The number of amides is 2. The van der Waals surface area contributed by atoms with E-state index < -0.39 is 5.91 Å². The van der Waals surface area contributed by atoms with Gasteiger partial charge in [-0.25, -0.2) is 4.68 Å². The monoisotopic (exact) mass is 317 g/mol. The number of carbonyl (C=O) groups excluding carboxylic acids is 2. The SMILES string of the molecule is CC(C)CC1Cn2nnc(C(=O)NCc3ccco3)c2C(=O)N1. The summed E-state index contributed by atoms with van der Waals surface area (Å²) in [5.41, 5.74) is 0.249. The summed E-state index contributed by atoms with van der Waals surface area (Å²) < 4.78 is 6.66. The lowest BCUT2D eigenvalue weighted by atomic mass is 10.0. The first-order valence-electron chi connectivity index (χ1n) is 7.59. The average Bonchev–Trinajstić information content (AvgIpc) is 3.13. The van der Waals surface area contributed by atoms with Gasteiger partial charge >= 0.3 is 0 Å². The maximum absolute atomic E-state index is 12.3. The van der Waals surface area contributed by atoms with E-state index in [0.717, 1.165) is 6.42 Å². The molecular weight excluding hydrogens is 298 g/mol. The Morgan fingerprint density at radius 3 is 3.09 bits per heavy atom. The summed E-state index contributed by atoms with van der Waals surface area (Å²) in [6, 6.07) is 3.50. The second-order valence-electron chi connectivity index (χ2n) is 6.03. The molecule has 0 saturated heterocycles. The van der Waals surface area contributed by atoms with Crippen LogP contribution in [-0.2, 0) is 13.1 Å². The van der Waals surface area contributed by atoms with Gasteiger partial charge in [-0.2, -0.15) is 0 Å². The molecule has 3 heterocycles. The highest BCUT2D eigenvalue weighted by Crippen LogP contribution is 2.16. The van der Waals surface area contributed by atoms with Crippen LogP contribution in [0, 0.1) is 5.92 Å². The van der Waals surface area contributed by atoms with Crippen molar-refractivity contribution in [2.24, 2.45) is 5.92 Å². The third-order valence-electron chi connectivity index (χ3n) is 3.65. The van der Waals surface area contributed by atoms with Crippen LogP contribution in [0.25, 0.3) is 0 Å². The lowest BCUT2D eigenvalue weighted by molar-refractivity contribution is 0.0869. The van der Waals surface area contributed by atoms with Gasteiger partial charge in [-0.3, -0.25) is 9.59 Å². The summed E-state index contributed by atoms with van der Waals surface area (Å²) in [7, 11) is 0. The van der Waals surface area contributed by atoms with Crippen molar-refractivity contribution in [3.8, 4) is 0 Å². The van der Waals surface area contributed by atoms with Crippen molar-refractivity contribution in [1.29, 1.82) is 0 Å². The van der Waals surface area contributed by atoms with Crippen molar-refractivity contribution >= 4 is 11.8 Å². The maximum Gasteiger partial charge on any atom is 0.274 e. The van der Waals surface area contributed by atoms with E-state index in [2.05, 4.69) is 34.8 Å². The van der Waals surface area contributed by atoms with E-state index in [-0.39, 0.29) is 29.9 Å². The number of aromatic nitrogens is 3. The molecule has 0 bridgehead atoms. The molecule has 1 atom stereocenters.